The second kappa shape index (κ2) is 12.9. The van der Waals surface area contributed by atoms with E-state index in [1.54, 1.807) is 0 Å². The van der Waals surface area contributed by atoms with Crippen molar-refractivity contribution >= 4 is 21.5 Å². The van der Waals surface area contributed by atoms with Gasteiger partial charge in [0.2, 0.25) is 0 Å². The number of fused-ring (bicyclic) bond motifs is 3. The van der Waals surface area contributed by atoms with Crippen LogP contribution in [0, 0.1) is 6.92 Å². The first-order valence-corrected chi connectivity index (χ1v) is 17.1. The van der Waals surface area contributed by atoms with Crippen LogP contribution in [0.3, 0.4) is 0 Å². The van der Waals surface area contributed by atoms with Gasteiger partial charge < -0.3 is 0 Å². The summed E-state index contributed by atoms with van der Waals surface area (Å²) in [5.74, 6) is 1.90. The summed E-state index contributed by atoms with van der Waals surface area (Å²) in [4.78, 5) is 19.7. The number of rotatable bonds is 6. The van der Waals surface area contributed by atoms with E-state index in [0.29, 0.717) is 17.5 Å². The van der Waals surface area contributed by atoms with Crippen molar-refractivity contribution in [3.8, 4) is 67.5 Å². The van der Waals surface area contributed by atoms with Gasteiger partial charge in [-0.1, -0.05) is 140 Å². The van der Waals surface area contributed by atoms with Gasteiger partial charge in [-0.05, 0) is 86.6 Å². The minimum Gasteiger partial charge on any atom is -0.261 e. The van der Waals surface area contributed by atoms with Crippen LogP contribution >= 0.6 is 0 Å². The van der Waals surface area contributed by atoms with Crippen molar-refractivity contribution in [2.45, 2.75) is 6.92 Å². The number of aromatic nitrogens is 4. The van der Waals surface area contributed by atoms with E-state index in [9.17, 15) is 0 Å². The molecule has 240 valence electrons. The van der Waals surface area contributed by atoms with E-state index in [2.05, 4.69) is 115 Å². The Bertz CT molecular complexity index is 2630. The molecule has 0 unspecified atom stereocenters. The van der Waals surface area contributed by atoms with Gasteiger partial charge in [-0.15, -0.1) is 0 Å². The highest BCUT2D eigenvalue weighted by Crippen LogP contribution is 2.39. The first-order chi connectivity index (χ1) is 25.2. The largest absolute Gasteiger partial charge is 0.261 e. The lowest BCUT2D eigenvalue weighted by molar-refractivity contribution is 1.07. The van der Waals surface area contributed by atoms with Crippen LogP contribution < -0.4 is 0 Å². The average Bonchev–Trinajstić information content (AvgIpc) is 3.21. The molecule has 0 fully saturated rings. The van der Waals surface area contributed by atoms with Gasteiger partial charge in [-0.3, -0.25) is 4.98 Å². The van der Waals surface area contributed by atoms with Gasteiger partial charge in [0.25, 0.3) is 0 Å². The maximum atomic E-state index is 5.12. The molecule has 0 spiro atoms. The number of hydrogen-bond donors (Lipinski definition) is 0. The van der Waals surface area contributed by atoms with Crippen molar-refractivity contribution in [1.82, 2.24) is 19.9 Å². The Morgan fingerprint density at radius 1 is 0.333 bits per heavy atom. The topological polar surface area (TPSA) is 51.6 Å². The molecule has 0 aliphatic carbocycles. The van der Waals surface area contributed by atoms with E-state index >= 15 is 0 Å². The first kappa shape index (κ1) is 30.3. The monoisotopic (exact) mass is 652 g/mol. The Hall–Kier alpha value is -6.78. The molecule has 7 aromatic carbocycles. The summed E-state index contributed by atoms with van der Waals surface area (Å²) in [5.41, 5.74) is 10.5. The fourth-order valence-corrected chi connectivity index (χ4v) is 6.94. The van der Waals surface area contributed by atoms with E-state index in [4.69, 9.17) is 15.0 Å². The van der Waals surface area contributed by atoms with Crippen molar-refractivity contribution in [3.05, 3.63) is 182 Å². The molecule has 4 heteroatoms. The summed E-state index contributed by atoms with van der Waals surface area (Å²) in [6.07, 6.45) is 1.84. The predicted molar refractivity (Wildman–Crippen MR) is 210 cm³/mol. The highest BCUT2D eigenvalue weighted by Gasteiger charge is 2.17. The van der Waals surface area contributed by atoms with Crippen LogP contribution in [0.5, 0.6) is 0 Å². The zero-order valence-corrected chi connectivity index (χ0v) is 28.0. The van der Waals surface area contributed by atoms with Gasteiger partial charge in [0.05, 0.1) is 0 Å². The Morgan fingerprint density at radius 3 is 1.53 bits per heavy atom. The molecule has 0 atom stereocenters. The predicted octanol–water partition coefficient (Wildman–Crippen LogP) is 11.9. The highest BCUT2D eigenvalue weighted by atomic mass is 15.0. The third kappa shape index (κ3) is 5.83. The molecule has 0 aliphatic rings. The molecule has 2 aromatic heterocycles. The standard InChI is InChI=1S/C47H32N4/c1-31-40(21-12-26-48-31)33-24-22-32(23-25-33)37-27-38(44-30-36-17-8-9-18-41(36)42-19-10-11-20-43(42)44)29-39(28-37)47-50-45(34-13-4-2-5-14-34)49-46(51-47)35-15-6-3-7-16-35/h2-30H,1H3. The Labute approximate surface area is 296 Å². The van der Waals surface area contributed by atoms with E-state index in [1.807, 2.05) is 72.9 Å². The molecule has 0 aliphatic heterocycles. The maximum Gasteiger partial charge on any atom is 0.164 e. The first-order valence-electron chi connectivity index (χ1n) is 17.1. The van der Waals surface area contributed by atoms with Crippen molar-refractivity contribution < 1.29 is 0 Å². The summed E-state index contributed by atoms with van der Waals surface area (Å²) >= 11 is 0. The molecule has 9 aromatic rings. The van der Waals surface area contributed by atoms with E-state index < -0.39 is 0 Å². The van der Waals surface area contributed by atoms with Crippen LogP contribution in [0.1, 0.15) is 5.69 Å². The van der Waals surface area contributed by atoms with Crippen LogP contribution in [0.4, 0.5) is 0 Å². The van der Waals surface area contributed by atoms with E-state index in [-0.39, 0.29) is 0 Å². The number of benzene rings is 7. The Morgan fingerprint density at radius 2 is 0.863 bits per heavy atom. The van der Waals surface area contributed by atoms with Gasteiger partial charge in [-0.25, -0.2) is 15.0 Å². The minimum atomic E-state index is 0.624. The maximum absolute atomic E-state index is 5.12. The molecule has 9 rings (SSSR count). The lowest BCUT2D eigenvalue weighted by Gasteiger charge is -2.15. The molecule has 0 radical (unpaired) electrons. The fraction of sp³-hybridized carbons (Fsp3) is 0.0213. The second-order valence-electron chi connectivity index (χ2n) is 12.7. The molecular formula is C47H32N4. The van der Waals surface area contributed by atoms with Gasteiger partial charge in [-0.2, -0.15) is 0 Å². The molecule has 4 nitrogen and oxygen atoms in total. The van der Waals surface area contributed by atoms with Crippen molar-refractivity contribution in [2.75, 3.05) is 0 Å². The van der Waals surface area contributed by atoms with Crippen molar-refractivity contribution in [3.63, 3.8) is 0 Å². The number of pyridine rings is 1. The number of hydrogen-bond acceptors (Lipinski definition) is 4. The second-order valence-corrected chi connectivity index (χ2v) is 12.7. The lowest BCUT2D eigenvalue weighted by Crippen LogP contribution is -2.00. The van der Waals surface area contributed by atoms with E-state index in [1.165, 1.54) is 21.5 Å². The molecule has 0 saturated heterocycles. The quantitative estimate of drug-likeness (QED) is 0.168. The Balaban J connectivity index is 1.28. The smallest absolute Gasteiger partial charge is 0.164 e. The molecule has 0 N–H and O–H groups in total. The lowest BCUT2D eigenvalue weighted by atomic mass is 9.90. The number of aryl methyl sites for hydroxylation is 1. The van der Waals surface area contributed by atoms with Crippen LogP contribution in [-0.2, 0) is 0 Å². The van der Waals surface area contributed by atoms with Crippen molar-refractivity contribution in [1.29, 1.82) is 0 Å². The highest BCUT2D eigenvalue weighted by molar-refractivity contribution is 6.14. The summed E-state index contributed by atoms with van der Waals surface area (Å²) in [5, 5.41) is 4.87. The summed E-state index contributed by atoms with van der Waals surface area (Å²) in [6.45, 7) is 2.05. The molecular weight excluding hydrogens is 621 g/mol. The molecule has 51 heavy (non-hydrogen) atoms. The third-order valence-electron chi connectivity index (χ3n) is 9.51. The van der Waals surface area contributed by atoms with Crippen LogP contribution in [0.15, 0.2) is 176 Å². The summed E-state index contributed by atoms with van der Waals surface area (Å²) < 4.78 is 0. The molecule has 0 bridgehead atoms. The van der Waals surface area contributed by atoms with Gasteiger partial charge in [0, 0.05) is 34.1 Å². The van der Waals surface area contributed by atoms with Gasteiger partial charge in [0.15, 0.2) is 17.5 Å². The normalized spacial score (nSPS) is 11.2. The van der Waals surface area contributed by atoms with E-state index in [0.717, 1.165) is 55.8 Å². The zero-order chi connectivity index (χ0) is 34.1. The average molecular weight is 653 g/mol. The fourth-order valence-electron chi connectivity index (χ4n) is 6.94. The Kier molecular flexibility index (Phi) is 7.67. The molecule has 0 amide bonds. The minimum absolute atomic E-state index is 0.624. The zero-order valence-electron chi connectivity index (χ0n) is 28.0. The molecule has 0 saturated carbocycles. The van der Waals surface area contributed by atoms with Crippen LogP contribution in [-0.4, -0.2) is 19.9 Å². The van der Waals surface area contributed by atoms with Crippen LogP contribution in [0.25, 0.3) is 89.1 Å². The van der Waals surface area contributed by atoms with Crippen molar-refractivity contribution in [2.24, 2.45) is 0 Å². The van der Waals surface area contributed by atoms with Crippen LogP contribution in [0.2, 0.25) is 0 Å². The summed E-state index contributed by atoms with van der Waals surface area (Å²) in [6, 6.07) is 59.4. The molecule has 2 heterocycles. The summed E-state index contributed by atoms with van der Waals surface area (Å²) in [7, 11) is 0. The van der Waals surface area contributed by atoms with Gasteiger partial charge in [0.1, 0.15) is 0 Å². The number of nitrogens with zero attached hydrogens (tertiary/aromatic N) is 4. The van der Waals surface area contributed by atoms with Gasteiger partial charge >= 0.3 is 0 Å². The third-order valence-corrected chi connectivity index (χ3v) is 9.51. The SMILES string of the molecule is Cc1ncccc1-c1ccc(-c2cc(-c3nc(-c4ccccc4)nc(-c4ccccc4)n3)cc(-c3cc4ccccc4c4ccccc34)c2)cc1.